The summed E-state index contributed by atoms with van der Waals surface area (Å²) in [5, 5.41) is 4.05. The van der Waals surface area contributed by atoms with E-state index in [-0.39, 0.29) is 11.3 Å². The number of carbonyl (C=O) groups excluding carboxylic acids is 1. The zero-order chi connectivity index (χ0) is 15.1. The van der Waals surface area contributed by atoms with E-state index in [0.717, 1.165) is 31.7 Å². The number of nitrogens with one attached hydrogen (secondary N) is 1. The first-order valence-corrected chi connectivity index (χ1v) is 7.79. The first kappa shape index (κ1) is 13.5. The summed E-state index contributed by atoms with van der Waals surface area (Å²) in [5.41, 5.74) is 0.825. The predicted molar refractivity (Wildman–Crippen MR) is 84.6 cm³/mol. The molecule has 0 saturated carbocycles. The monoisotopic (exact) mass is 297 g/mol. The van der Waals surface area contributed by atoms with Crippen molar-refractivity contribution in [2.45, 2.75) is 6.54 Å². The minimum atomic E-state index is 0.000998. The largest absolute Gasteiger partial charge is 0.340 e. The van der Waals surface area contributed by atoms with E-state index in [1.165, 1.54) is 6.07 Å². The van der Waals surface area contributed by atoms with Crippen LogP contribution in [0.1, 0.15) is 0 Å². The molecule has 0 spiro atoms. The van der Waals surface area contributed by atoms with Crippen LogP contribution >= 0.6 is 0 Å². The molecule has 2 aromatic rings. The fourth-order valence-electron chi connectivity index (χ4n) is 3.70. The Hall–Kier alpha value is -2.14. The highest BCUT2D eigenvalue weighted by molar-refractivity contribution is 5.82. The number of hydrogen-bond donors (Lipinski definition) is 1. The molecule has 5 nitrogen and oxygen atoms in total. The highest BCUT2D eigenvalue weighted by Gasteiger charge is 2.37. The van der Waals surface area contributed by atoms with Crippen molar-refractivity contribution in [3.05, 3.63) is 46.8 Å². The Kier molecular flexibility index (Phi) is 3.22. The molecule has 114 valence electrons. The molecule has 0 unspecified atom stereocenters. The lowest BCUT2D eigenvalue weighted by atomic mass is 10.0. The SMILES string of the molecule is O=C(Cn1ccc(=O)c2ccccc21)N1C[C@H]2CNC[C@H]2C1. The van der Waals surface area contributed by atoms with Crippen LogP contribution in [-0.2, 0) is 11.3 Å². The Bertz CT molecular complexity index is 771. The number of amides is 1. The Morgan fingerprint density at radius 3 is 2.64 bits per heavy atom. The molecule has 2 saturated heterocycles. The molecule has 2 atom stereocenters. The predicted octanol–water partition coefficient (Wildman–Crippen LogP) is 0.679. The fraction of sp³-hybridized carbons (Fsp3) is 0.412. The molecule has 0 aliphatic carbocycles. The van der Waals surface area contributed by atoms with E-state index < -0.39 is 0 Å². The number of para-hydroxylation sites is 1. The minimum absolute atomic E-state index is 0.000998. The van der Waals surface area contributed by atoms with Crippen LogP contribution in [-0.4, -0.2) is 41.6 Å². The smallest absolute Gasteiger partial charge is 0.242 e. The second-order valence-electron chi connectivity index (χ2n) is 6.30. The lowest BCUT2D eigenvalue weighted by Gasteiger charge is -2.19. The molecule has 1 aromatic heterocycles. The van der Waals surface area contributed by atoms with Gasteiger partial charge in [0.05, 0.1) is 5.52 Å². The zero-order valence-electron chi connectivity index (χ0n) is 12.4. The van der Waals surface area contributed by atoms with Gasteiger partial charge < -0.3 is 14.8 Å². The molecule has 1 amide bonds. The number of rotatable bonds is 2. The van der Waals surface area contributed by atoms with Crippen molar-refractivity contribution in [3.8, 4) is 0 Å². The number of carbonyl (C=O) groups is 1. The molecule has 3 heterocycles. The molecule has 2 fully saturated rings. The topological polar surface area (TPSA) is 54.3 Å². The number of pyridine rings is 1. The Balaban J connectivity index is 1.58. The van der Waals surface area contributed by atoms with Crippen molar-refractivity contribution in [1.29, 1.82) is 0 Å². The van der Waals surface area contributed by atoms with Crippen molar-refractivity contribution in [2.75, 3.05) is 26.2 Å². The van der Waals surface area contributed by atoms with Crippen LogP contribution < -0.4 is 10.7 Å². The summed E-state index contributed by atoms with van der Waals surface area (Å²) in [6.45, 7) is 4.06. The van der Waals surface area contributed by atoms with Crippen LogP contribution in [0.4, 0.5) is 0 Å². The van der Waals surface area contributed by atoms with Crippen LogP contribution in [0.2, 0.25) is 0 Å². The van der Waals surface area contributed by atoms with Gasteiger partial charge in [0, 0.05) is 43.8 Å². The number of likely N-dealkylation sites (tertiary alicyclic amines) is 1. The Morgan fingerprint density at radius 2 is 1.86 bits per heavy atom. The van der Waals surface area contributed by atoms with E-state index >= 15 is 0 Å². The van der Waals surface area contributed by atoms with Gasteiger partial charge in [-0.2, -0.15) is 0 Å². The van der Waals surface area contributed by atoms with Crippen molar-refractivity contribution in [1.82, 2.24) is 14.8 Å². The third kappa shape index (κ3) is 2.22. The van der Waals surface area contributed by atoms with Gasteiger partial charge in [-0.05, 0) is 24.0 Å². The Morgan fingerprint density at radius 1 is 1.14 bits per heavy atom. The highest BCUT2D eigenvalue weighted by atomic mass is 16.2. The van der Waals surface area contributed by atoms with Gasteiger partial charge in [0.25, 0.3) is 0 Å². The molecule has 2 aliphatic heterocycles. The molecule has 0 radical (unpaired) electrons. The van der Waals surface area contributed by atoms with Gasteiger partial charge in [-0.15, -0.1) is 0 Å². The molecule has 2 aliphatic rings. The summed E-state index contributed by atoms with van der Waals surface area (Å²) in [4.78, 5) is 26.4. The standard InChI is InChI=1S/C17H19N3O2/c21-16-5-6-19(15-4-2-1-3-14(15)16)11-17(22)20-9-12-7-18-8-13(12)10-20/h1-6,12-13,18H,7-11H2/t12-,13+. The summed E-state index contributed by atoms with van der Waals surface area (Å²) in [5.74, 6) is 1.35. The molecule has 0 bridgehead atoms. The average molecular weight is 297 g/mol. The Labute approximate surface area is 128 Å². The van der Waals surface area contributed by atoms with Gasteiger partial charge in [-0.25, -0.2) is 0 Å². The van der Waals surface area contributed by atoms with Gasteiger partial charge in [0.1, 0.15) is 6.54 Å². The lowest BCUT2D eigenvalue weighted by molar-refractivity contribution is -0.131. The molecule has 22 heavy (non-hydrogen) atoms. The lowest BCUT2D eigenvalue weighted by Crippen LogP contribution is -2.34. The van der Waals surface area contributed by atoms with Crippen molar-refractivity contribution in [3.63, 3.8) is 0 Å². The first-order valence-electron chi connectivity index (χ1n) is 7.79. The molecule has 1 N–H and O–H groups in total. The third-order valence-electron chi connectivity index (χ3n) is 4.93. The van der Waals surface area contributed by atoms with E-state index in [4.69, 9.17) is 0 Å². The molecule has 4 rings (SSSR count). The van der Waals surface area contributed by atoms with E-state index in [1.807, 2.05) is 33.7 Å². The van der Waals surface area contributed by atoms with Crippen LogP contribution in [0.5, 0.6) is 0 Å². The maximum Gasteiger partial charge on any atom is 0.242 e. The number of benzene rings is 1. The maximum absolute atomic E-state index is 12.6. The average Bonchev–Trinajstić information content (AvgIpc) is 3.12. The summed E-state index contributed by atoms with van der Waals surface area (Å²) in [6, 6.07) is 8.99. The van der Waals surface area contributed by atoms with Gasteiger partial charge in [0.2, 0.25) is 5.91 Å². The second-order valence-corrected chi connectivity index (χ2v) is 6.30. The van der Waals surface area contributed by atoms with Gasteiger partial charge >= 0.3 is 0 Å². The van der Waals surface area contributed by atoms with Gasteiger partial charge in [-0.1, -0.05) is 12.1 Å². The second kappa shape index (κ2) is 5.25. The summed E-state index contributed by atoms with van der Waals surface area (Å²) in [7, 11) is 0. The summed E-state index contributed by atoms with van der Waals surface area (Å²) >= 11 is 0. The zero-order valence-corrected chi connectivity index (χ0v) is 12.4. The van der Waals surface area contributed by atoms with E-state index in [9.17, 15) is 9.59 Å². The number of hydrogen-bond acceptors (Lipinski definition) is 3. The van der Waals surface area contributed by atoms with Crippen LogP contribution in [0.15, 0.2) is 41.3 Å². The fourth-order valence-corrected chi connectivity index (χ4v) is 3.70. The highest BCUT2D eigenvalue weighted by Crippen LogP contribution is 2.26. The minimum Gasteiger partial charge on any atom is -0.340 e. The van der Waals surface area contributed by atoms with E-state index in [1.54, 1.807) is 6.20 Å². The van der Waals surface area contributed by atoms with Crippen LogP contribution in [0, 0.1) is 11.8 Å². The first-order chi connectivity index (χ1) is 10.7. The molecular formula is C17H19N3O2. The van der Waals surface area contributed by atoms with Crippen molar-refractivity contribution >= 4 is 16.8 Å². The maximum atomic E-state index is 12.6. The van der Waals surface area contributed by atoms with Crippen molar-refractivity contribution < 1.29 is 4.79 Å². The summed E-state index contributed by atoms with van der Waals surface area (Å²) < 4.78 is 1.88. The van der Waals surface area contributed by atoms with Gasteiger partial charge in [-0.3, -0.25) is 9.59 Å². The van der Waals surface area contributed by atoms with Crippen molar-refractivity contribution in [2.24, 2.45) is 11.8 Å². The quantitative estimate of drug-likeness (QED) is 0.887. The molecular weight excluding hydrogens is 278 g/mol. The molecule has 1 aromatic carbocycles. The number of aromatic nitrogens is 1. The molecule has 5 heteroatoms. The van der Waals surface area contributed by atoms with Crippen LogP contribution in [0.25, 0.3) is 10.9 Å². The van der Waals surface area contributed by atoms with Crippen LogP contribution in [0.3, 0.4) is 0 Å². The third-order valence-corrected chi connectivity index (χ3v) is 4.93. The van der Waals surface area contributed by atoms with Gasteiger partial charge in [0.15, 0.2) is 5.43 Å². The van der Waals surface area contributed by atoms with E-state index in [0.29, 0.717) is 23.8 Å². The summed E-state index contributed by atoms with van der Waals surface area (Å²) in [6.07, 6.45) is 1.72. The number of fused-ring (bicyclic) bond motifs is 2. The normalized spacial score (nSPS) is 23.9. The van der Waals surface area contributed by atoms with E-state index in [2.05, 4.69) is 5.32 Å². The number of nitrogens with zero attached hydrogens (tertiary/aromatic N) is 2.